The van der Waals surface area contributed by atoms with Gasteiger partial charge >= 0.3 is 0 Å². The first-order valence-electron chi connectivity index (χ1n) is 24.1. The third-order valence-corrected chi connectivity index (χ3v) is 15.1. The van der Waals surface area contributed by atoms with Gasteiger partial charge in [-0.2, -0.15) is 15.3 Å². The summed E-state index contributed by atoms with van der Waals surface area (Å²) in [4.78, 5) is 29.3. The zero-order valence-electron chi connectivity index (χ0n) is 39.0. The molecule has 0 amide bonds. The first-order chi connectivity index (χ1) is 34.9. The van der Waals surface area contributed by atoms with Gasteiger partial charge in [-0.3, -0.25) is 9.67 Å². The molecule has 3 saturated carbocycles. The maximum absolute atomic E-state index is 6.38. The first kappa shape index (κ1) is 40.2. The third-order valence-electron chi connectivity index (χ3n) is 15.1. The lowest BCUT2D eigenvalue weighted by molar-refractivity contribution is 0.297. The zero-order valence-corrected chi connectivity index (χ0v) is 39.0. The summed E-state index contributed by atoms with van der Waals surface area (Å²) in [5.74, 6) is 4.04. The summed E-state index contributed by atoms with van der Waals surface area (Å²) in [5.41, 5.74) is 15.8. The van der Waals surface area contributed by atoms with Crippen molar-refractivity contribution < 1.29 is 14.2 Å². The highest BCUT2D eigenvalue weighted by Crippen LogP contribution is 2.57. The van der Waals surface area contributed by atoms with Crippen LogP contribution in [0.2, 0.25) is 0 Å². The standard InChI is InChI=1S/C53H45N15O3/c1-29-49(61-48-17-32(69-3)10-16-66(29)48)39-21-36(39)42-24-58-68-31(7-13-56-53(42)68)28-71-33-8-14-64-25-43(59-46(64)18-33)37-20-35(37)41-23-57-67-30(6-12-55-52(41)67)27-70-34-9-15-65-26-44(60-47(65)19-34)38-22-40(38)50-51-45(63(2)62-50)5-4-11-54-51/h4-19,23-26,35-40H,20-22,27-28H2,1-3H3. The van der Waals surface area contributed by atoms with Crippen LogP contribution < -0.4 is 14.2 Å². The number of methoxy groups -OCH3 is 1. The van der Waals surface area contributed by atoms with Crippen LogP contribution in [0, 0.1) is 6.92 Å². The maximum atomic E-state index is 6.38. The second-order valence-electron chi connectivity index (χ2n) is 19.3. The molecule has 6 unspecified atom stereocenters. The quantitative estimate of drug-likeness (QED) is 0.109. The van der Waals surface area contributed by atoms with Crippen LogP contribution in [0.4, 0.5) is 0 Å². The Morgan fingerprint density at radius 3 is 1.83 bits per heavy atom. The van der Waals surface area contributed by atoms with E-state index in [0.717, 1.165) is 127 Å². The fraction of sp³-hybridized carbons (Fsp3) is 0.264. The average molecular weight is 940 g/mol. The number of pyridine rings is 4. The fourth-order valence-electron chi connectivity index (χ4n) is 11.0. The number of rotatable bonds is 13. The molecule has 0 radical (unpaired) electrons. The second-order valence-corrected chi connectivity index (χ2v) is 19.3. The second kappa shape index (κ2) is 15.2. The van der Waals surface area contributed by atoms with Crippen molar-refractivity contribution in [1.82, 2.24) is 72.1 Å². The van der Waals surface area contributed by atoms with Gasteiger partial charge in [-0.05, 0) is 80.5 Å². The monoisotopic (exact) mass is 939 g/mol. The van der Waals surface area contributed by atoms with Crippen molar-refractivity contribution >= 4 is 39.3 Å². The Morgan fingerprint density at radius 2 is 1.17 bits per heavy atom. The average Bonchev–Trinajstić information content (AvgIpc) is 4.28. The summed E-state index contributed by atoms with van der Waals surface area (Å²) in [7, 11) is 3.66. The number of hydrogen-bond donors (Lipinski definition) is 0. The van der Waals surface area contributed by atoms with Crippen molar-refractivity contribution in [1.29, 1.82) is 0 Å². The molecule has 0 aliphatic heterocycles. The normalized spacial score (nSPS) is 20.5. The van der Waals surface area contributed by atoms with Crippen LogP contribution in [-0.2, 0) is 20.3 Å². The predicted octanol–water partition coefficient (Wildman–Crippen LogP) is 8.29. The first-order valence-corrected chi connectivity index (χ1v) is 24.1. The Kier molecular flexibility index (Phi) is 8.59. The van der Waals surface area contributed by atoms with Gasteiger partial charge in [0.1, 0.15) is 52.9 Å². The van der Waals surface area contributed by atoms with Gasteiger partial charge in [0.2, 0.25) is 0 Å². The van der Waals surface area contributed by atoms with E-state index in [0.29, 0.717) is 36.9 Å². The molecule has 0 spiro atoms. The summed E-state index contributed by atoms with van der Waals surface area (Å²) in [6, 6.07) is 19.8. The lowest BCUT2D eigenvalue weighted by Gasteiger charge is -2.08. The number of aromatic nitrogens is 15. The van der Waals surface area contributed by atoms with Gasteiger partial charge in [0, 0.05) is 115 Å². The molecule has 0 aromatic carbocycles. The van der Waals surface area contributed by atoms with Crippen molar-refractivity contribution in [3.63, 3.8) is 0 Å². The van der Waals surface area contributed by atoms with Gasteiger partial charge < -0.3 is 27.4 Å². The van der Waals surface area contributed by atoms with Gasteiger partial charge in [0.05, 0.1) is 59.2 Å². The Bertz CT molecular complexity index is 4100. The van der Waals surface area contributed by atoms with Gasteiger partial charge in [0.15, 0.2) is 11.3 Å². The highest BCUT2D eigenvalue weighted by atomic mass is 16.5. The number of nitrogens with zero attached hydrogens (tertiary/aromatic N) is 15. The van der Waals surface area contributed by atoms with Crippen molar-refractivity contribution in [2.24, 2.45) is 7.05 Å². The largest absolute Gasteiger partial charge is 0.497 e. The minimum Gasteiger partial charge on any atom is -0.497 e. The van der Waals surface area contributed by atoms with Crippen molar-refractivity contribution in [2.75, 3.05) is 7.11 Å². The van der Waals surface area contributed by atoms with E-state index in [9.17, 15) is 0 Å². The number of imidazole rings is 3. The molecule has 71 heavy (non-hydrogen) atoms. The molecular weight excluding hydrogens is 895 g/mol. The van der Waals surface area contributed by atoms with Crippen LogP contribution in [0.3, 0.4) is 0 Å². The summed E-state index contributed by atoms with van der Waals surface area (Å²) in [5, 5.41) is 14.4. The molecule has 3 fully saturated rings. The molecule has 12 heterocycles. The Balaban J connectivity index is 0.597. The van der Waals surface area contributed by atoms with E-state index in [1.54, 1.807) is 7.11 Å². The molecule has 0 saturated heterocycles. The molecule has 350 valence electrons. The number of ether oxygens (including phenoxy) is 3. The van der Waals surface area contributed by atoms with Crippen LogP contribution in [-0.4, -0.2) is 79.2 Å². The molecule has 15 rings (SSSR count). The lowest BCUT2D eigenvalue weighted by atomic mass is 10.1. The van der Waals surface area contributed by atoms with Crippen LogP contribution in [0.15, 0.2) is 123 Å². The summed E-state index contributed by atoms with van der Waals surface area (Å²) in [6.45, 7) is 2.79. The highest BCUT2D eigenvalue weighted by Gasteiger charge is 2.46. The zero-order chi connectivity index (χ0) is 47.1. The Labute approximate surface area is 404 Å². The van der Waals surface area contributed by atoms with Gasteiger partial charge in [-0.15, -0.1) is 0 Å². The molecule has 12 aromatic rings. The van der Waals surface area contributed by atoms with Gasteiger partial charge in [-0.25, -0.2) is 34.0 Å². The van der Waals surface area contributed by atoms with E-state index >= 15 is 0 Å². The van der Waals surface area contributed by atoms with E-state index in [-0.39, 0.29) is 11.8 Å². The van der Waals surface area contributed by atoms with Crippen molar-refractivity contribution in [2.45, 2.75) is 74.9 Å². The fourth-order valence-corrected chi connectivity index (χ4v) is 11.0. The van der Waals surface area contributed by atoms with Crippen LogP contribution >= 0.6 is 0 Å². The number of hydrogen-bond acceptors (Lipinski definition) is 12. The minimum atomic E-state index is 0.261. The van der Waals surface area contributed by atoms with E-state index < -0.39 is 0 Å². The number of fused-ring (bicyclic) bond motifs is 6. The molecule has 12 aromatic heterocycles. The summed E-state index contributed by atoms with van der Waals surface area (Å²) >= 11 is 0. The van der Waals surface area contributed by atoms with E-state index in [1.165, 1.54) is 0 Å². The topological polar surface area (TPSA) is 171 Å². The third kappa shape index (κ3) is 6.57. The van der Waals surface area contributed by atoms with E-state index in [1.807, 2.05) is 125 Å². The van der Waals surface area contributed by atoms with E-state index in [4.69, 9.17) is 54.4 Å². The predicted molar refractivity (Wildman–Crippen MR) is 260 cm³/mol. The van der Waals surface area contributed by atoms with Crippen LogP contribution in [0.25, 0.3) is 39.3 Å². The van der Waals surface area contributed by atoms with Crippen LogP contribution in [0.1, 0.15) is 106 Å². The molecule has 3 aliphatic rings. The number of aryl methyl sites for hydroxylation is 2. The molecule has 3 aliphatic carbocycles. The van der Waals surface area contributed by atoms with E-state index in [2.05, 4.69) is 43.6 Å². The SMILES string of the molecule is COc1ccn2c(C)c(C3CC3c3cnn4c(COc5ccn6cc(C7CC7c7cnn8c(COc9ccn%10cc(C%11CC%11c%11nn(C)c%12cccnc%11%12)nc%10c9)ccnc78)nc6c5)ccnc34)nc2c1. The summed E-state index contributed by atoms with van der Waals surface area (Å²) in [6.07, 6.45) is 22.7. The molecular formula is C53H45N15O3. The lowest BCUT2D eigenvalue weighted by Crippen LogP contribution is -2.05. The molecule has 6 atom stereocenters. The Morgan fingerprint density at radius 1 is 0.592 bits per heavy atom. The van der Waals surface area contributed by atoms with Crippen LogP contribution in [0.5, 0.6) is 17.2 Å². The smallest absolute Gasteiger partial charge is 0.158 e. The van der Waals surface area contributed by atoms with Crippen molar-refractivity contribution in [3.05, 3.63) is 174 Å². The van der Waals surface area contributed by atoms with Crippen molar-refractivity contribution in [3.8, 4) is 17.2 Å². The van der Waals surface area contributed by atoms with Gasteiger partial charge in [0.25, 0.3) is 0 Å². The maximum Gasteiger partial charge on any atom is 0.158 e. The molecule has 18 nitrogen and oxygen atoms in total. The minimum absolute atomic E-state index is 0.261. The Hall–Kier alpha value is -8.67. The molecule has 0 bridgehead atoms. The van der Waals surface area contributed by atoms with Gasteiger partial charge in [-0.1, -0.05) is 0 Å². The molecule has 0 N–H and O–H groups in total. The summed E-state index contributed by atoms with van der Waals surface area (Å²) < 4.78 is 30.2. The highest BCUT2D eigenvalue weighted by molar-refractivity contribution is 5.78. The molecule has 18 heteroatoms.